The molecule has 3 rings (SSSR count). The summed E-state index contributed by atoms with van der Waals surface area (Å²) in [6.45, 7) is 2.60. The van der Waals surface area contributed by atoms with Crippen LogP contribution in [-0.2, 0) is 4.74 Å². The standard InChI is InChI=1S/C16H22FNO2/c1-11(18)14-9-12(17)3-4-15(14)20-13-5-8-19-16(10-13)6-2-7-16/h3-4,9,11,13H,2,5-8,10,18H2,1H3/t11-,13?/m0/s1. The van der Waals surface area contributed by atoms with Crippen molar-refractivity contribution in [3.8, 4) is 5.75 Å². The Bertz CT molecular complexity index is 485. The van der Waals surface area contributed by atoms with Gasteiger partial charge in [0.25, 0.3) is 0 Å². The Hall–Kier alpha value is -1.13. The zero-order valence-corrected chi connectivity index (χ0v) is 11.9. The van der Waals surface area contributed by atoms with Gasteiger partial charge in [0.1, 0.15) is 17.7 Å². The van der Waals surface area contributed by atoms with Crippen LogP contribution in [0.1, 0.15) is 50.6 Å². The Kier molecular flexibility index (Phi) is 3.69. The topological polar surface area (TPSA) is 44.5 Å². The molecule has 2 aliphatic rings. The van der Waals surface area contributed by atoms with Gasteiger partial charge in [-0.3, -0.25) is 0 Å². The van der Waals surface area contributed by atoms with Gasteiger partial charge in [-0.1, -0.05) is 0 Å². The van der Waals surface area contributed by atoms with E-state index in [1.165, 1.54) is 18.6 Å². The van der Waals surface area contributed by atoms with Crippen LogP contribution in [0.3, 0.4) is 0 Å². The minimum Gasteiger partial charge on any atom is -0.490 e. The lowest BCUT2D eigenvalue weighted by Crippen LogP contribution is -2.48. The predicted molar refractivity (Wildman–Crippen MR) is 75.2 cm³/mol. The molecule has 1 aliphatic heterocycles. The highest BCUT2D eigenvalue weighted by Crippen LogP contribution is 2.43. The third-order valence-electron chi connectivity index (χ3n) is 4.47. The molecule has 0 amide bonds. The molecule has 1 saturated carbocycles. The van der Waals surface area contributed by atoms with Crippen LogP contribution in [0, 0.1) is 5.82 Å². The molecule has 20 heavy (non-hydrogen) atoms. The molecule has 1 unspecified atom stereocenters. The fourth-order valence-corrected chi connectivity index (χ4v) is 3.16. The summed E-state index contributed by atoms with van der Waals surface area (Å²) in [4.78, 5) is 0. The van der Waals surface area contributed by atoms with Gasteiger partial charge in [-0.15, -0.1) is 0 Å². The van der Waals surface area contributed by atoms with Gasteiger partial charge in [-0.05, 0) is 44.4 Å². The Morgan fingerprint density at radius 1 is 1.45 bits per heavy atom. The van der Waals surface area contributed by atoms with Crippen molar-refractivity contribution in [3.05, 3.63) is 29.6 Å². The van der Waals surface area contributed by atoms with Crippen LogP contribution < -0.4 is 10.5 Å². The lowest BCUT2D eigenvalue weighted by molar-refractivity contribution is -0.153. The Balaban J connectivity index is 1.74. The highest BCUT2D eigenvalue weighted by molar-refractivity contribution is 5.36. The molecule has 1 saturated heterocycles. The summed E-state index contributed by atoms with van der Waals surface area (Å²) in [6, 6.07) is 4.35. The molecule has 2 fully saturated rings. The molecular weight excluding hydrogens is 257 g/mol. The van der Waals surface area contributed by atoms with Crippen molar-refractivity contribution in [1.29, 1.82) is 0 Å². The van der Waals surface area contributed by atoms with Gasteiger partial charge >= 0.3 is 0 Å². The fourth-order valence-electron chi connectivity index (χ4n) is 3.16. The van der Waals surface area contributed by atoms with E-state index in [1.54, 1.807) is 6.07 Å². The van der Waals surface area contributed by atoms with Crippen LogP contribution in [0.15, 0.2) is 18.2 Å². The van der Waals surface area contributed by atoms with E-state index >= 15 is 0 Å². The zero-order valence-electron chi connectivity index (χ0n) is 11.9. The summed E-state index contributed by atoms with van der Waals surface area (Å²) in [5.74, 6) is 0.440. The Morgan fingerprint density at radius 3 is 2.90 bits per heavy atom. The summed E-state index contributed by atoms with van der Waals surface area (Å²) in [7, 11) is 0. The molecule has 3 nitrogen and oxygen atoms in total. The largest absolute Gasteiger partial charge is 0.490 e. The van der Waals surface area contributed by atoms with Crippen molar-refractivity contribution < 1.29 is 13.9 Å². The van der Waals surface area contributed by atoms with Crippen LogP contribution in [0.5, 0.6) is 5.75 Å². The monoisotopic (exact) mass is 279 g/mol. The molecule has 0 bridgehead atoms. The summed E-state index contributed by atoms with van der Waals surface area (Å²) in [5, 5.41) is 0. The minimum absolute atomic E-state index is 0.0530. The molecule has 1 heterocycles. The van der Waals surface area contributed by atoms with E-state index in [9.17, 15) is 4.39 Å². The van der Waals surface area contributed by atoms with Gasteiger partial charge in [-0.2, -0.15) is 0 Å². The van der Waals surface area contributed by atoms with E-state index in [4.69, 9.17) is 15.2 Å². The summed E-state index contributed by atoms with van der Waals surface area (Å²) >= 11 is 0. The second-order valence-electron chi connectivity index (χ2n) is 6.09. The van der Waals surface area contributed by atoms with Crippen LogP contribution in [0.25, 0.3) is 0 Å². The van der Waals surface area contributed by atoms with Gasteiger partial charge in [0.05, 0.1) is 12.2 Å². The molecule has 2 atom stereocenters. The van der Waals surface area contributed by atoms with Gasteiger partial charge < -0.3 is 15.2 Å². The summed E-state index contributed by atoms with van der Waals surface area (Å²) in [6.07, 6.45) is 5.48. The molecule has 1 spiro atoms. The SMILES string of the molecule is C[C@H](N)c1cc(F)ccc1OC1CCOC2(CCC2)C1. The van der Waals surface area contributed by atoms with Crippen molar-refractivity contribution in [2.75, 3.05) is 6.61 Å². The first kappa shape index (κ1) is 13.8. The first-order valence-electron chi connectivity index (χ1n) is 7.44. The second kappa shape index (κ2) is 5.34. The average molecular weight is 279 g/mol. The molecular formula is C16H22FNO2. The summed E-state index contributed by atoms with van der Waals surface area (Å²) < 4.78 is 25.4. The molecule has 0 aromatic heterocycles. The maximum atomic E-state index is 13.3. The molecule has 1 aromatic rings. The lowest BCUT2D eigenvalue weighted by Gasteiger charge is -2.47. The van der Waals surface area contributed by atoms with Gasteiger partial charge in [-0.25, -0.2) is 4.39 Å². The lowest BCUT2D eigenvalue weighted by atomic mass is 9.74. The van der Waals surface area contributed by atoms with Crippen molar-refractivity contribution in [2.45, 2.75) is 56.8 Å². The highest BCUT2D eigenvalue weighted by Gasteiger charge is 2.43. The zero-order chi connectivity index (χ0) is 14.2. The van der Waals surface area contributed by atoms with E-state index in [1.807, 2.05) is 6.92 Å². The first-order chi connectivity index (χ1) is 9.58. The quantitative estimate of drug-likeness (QED) is 0.923. The third kappa shape index (κ3) is 2.67. The second-order valence-corrected chi connectivity index (χ2v) is 6.09. The number of halogens is 1. The van der Waals surface area contributed by atoms with Crippen molar-refractivity contribution >= 4 is 0 Å². The van der Waals surface area contributed by atoms with Crippen LogP contribution in [0.4, 0.5) is 4.39 Å². The van der Waals surface area contributed by atoms with E-state index in [0.29, 0.717) is 5.75 Å². The third-order valence-corrected chi connectivity index (χ3v) is 4.47. The number of benzene rings is 1. The number of hydrogen-bond acceptors (Lipinski definition) is 3. The molecule has 4 heteroatoms. The molecule has 110 valence electrons. The van der Waals surface area contributed by atoms with Crippen molar-refractivity contribution in [3.63, 3.8) is 0 Å². The van der Waals surface area contributed by atoms with Crippen LogP contribution in [0.2, 0.25) is 0 Å². The maximum absolute atomic E-state index is 13.3. The van der Waals surface area contributed by atoms with Gasteiger partial charge in [0, 0.05) is 24.4 Å². The number of ether oxygens (including phenoxy) is 2. The smallest absolute Gasteiger partial charge is 0.124 e. The number of hydrogen-bond donors (Lipinski definition) is 1. The van der Waals surface area contributed by atoms with E-state index in [-0.39, 0.29) is 23.6 Å². The normalized spacial score (nSPS) is 26.1. The van der Waals surface area contributed by atoms with E-state index < -0.39 is 0 Å². The minimum atomic E-state index is -0.271. The van der Waals surface area contributed by atoms with Gasteiger partial charge in [0.15, 0.2) is 0 Å². The molecule has 1 aromatic carbocycles. The number of rotatable bonds is 3. The van der Waals surface area contributed by atoms with Gasteiger partial charge in [0.2, 0.25) is 0 Å². The molecule has 1 aliphatic carbocycles. The predicted octanol–water partition coefficient (Wildman–Crippen LogP) is 3.33. The van der Waals surface area contributed by atoms with Crippen molar-refractivity contribution in [1.82, 2.24) is 0 Å². The Morgan fingerprint density at radius 2 is 2.25 bits per heavy atom. The van der Waals surface area contributed by atoms with Crippen LogP contribution >= 0.6 is 0 Å². The molecule has 0 radical (unpaired) electrons. The summed E-state index contributed by atoms with van der Waals surface area (Å²) in [5.41, 5.74) is 6.70. The van der Waals surface area contributed by atoms with E-state index in [2.05, 4.69) is 0 Å². The first-order valence-corrected chi connectivity index (χ1v) is 7.44. The van der Waals surface area contributed by atoms with E-state index in [0.717, 1.165) is 37.9 Å². The highest BCUT2D eigenvalue weighted by atomic mass is 19.1. The van der Waals surface area contributed by atoms with Crippen LogP contribution in [-0.4, -0.2) is 18.3 Å². The average Bonchev–Trinajstić information content (AvgIpc) is 2.39. The molecule has 2 N–H and O–H groups in total. The fraction of sp³-hybridized carbons (Fsp3) is 0.625. The van der Waals surface area contributed by atoms with Crippen molar-refractivity contribution in [2.24, 2.45) is 5.73 Å². The number of nitrogens with two attached hydrogens (primary N) is 1. The Labute approximate surface area is 119 Å². The maximum Gasteiger partial charge on any atom is 0.124 e.